The molecule has 1 heterocycles. The first kappa shape index (κ1) is 12.2. The Labute approximate surface area is 112 Å². The number of benzene rings is 1. The molecule has 0 aliphatic heterocycles. The van der Waals surface area contributed by atoms with Crippen LogP contribution in [0.1, 0.15) is 29.2 Å². The average Bonchev–Trinajstić information content (AvgIpc) is 2.83. The predicted octanol–water partition coefficient (Wildman–Crippen LogP) is 2.68. The number of fused-ring (bicyclic) bond motifs is 1. The first-order valence-corrected chi connectivity index (χ1v) is 6.66. The van der Waals surface area contributed by atoms with Crippen molar-refractivity contribution in [1.29, 1.82) is 0 Å². The van der Waals surface area contributed by atoms with Gasteiger partial charge in [0.15, 0.2) is 0 Å². The molecule has 2 aromatic rings. The fourth-order valence-corrected chi connectivity index (χ4v) is 2.56. The summed E-state index contributed by atoms with van der Waals surface area (Å²) in [5.74, 6) is 0.920. The summed E-state index contributed by atoms with van der Waals surface area (Å²) < 4.78 is 5.87. The number of aliphatic hydroxyl groups excluding tert-OH is 1. The largest absolute Gasteiger partial charge is 0.493 e. The quantitative estimate of drug-likeness (QED) is 0.913. The van der Waals surface area contributed by atoms with Crippen LogP contribution < -0.4 is 4.74 Å². The maximum absolute atomic E-state index is 9.85. The molecule has 1 aliphatic rings. The molecule has 1 N–H and O–H groups in total. The molecule has 0 spiro atoms. The minimum atomic E-state index is -0.321. The average molecular weight is 255 g/mol. The zero-order valence-corrected chi connectivity index (χ0v) is 10.7. The summed E-state index contributed by atoms with van der Waals surface area (Å²) in [4.78, 5) is 4.00. The summed E-state index contributed by atoms with van der Waals surface area (Å²) >= 11 is 0. The lowest BCUT2D eigenvalue weighted by atomic mass is 10.1. The molecule has 1 unspecified atom stereocenters. The van der Waals surface area contributed by atoms with E-state index in [1.165, 1.54) is 11.1 Å². The Morgan fingerprint density at radius 2 is 2.05 bits per heavy atom. The van der Waals surface area contributed by atoms with Gasteiger partial charge >= 0.3 is 0 Å². The van der Waals surface area contributed by atoms with Crippen LogP contribution in [0.2, 0.25) is 0 Å². The number of aromatic nitrogens is 1. The molecule has 1 aromatic carbocycles. The number of rotatable bonds is 4. The normalized spacial score (nSPS) is 17.2. The van der Waals surface area contributed by atoms with Gasteiger partial charge in [-0.2, -0.15) is 0 Å². The van der Waals surface area contributed by atoms with Gasteiger partial charge in [-0.1, -0.05) is 12.1 Å². The van der Waals surface area contributed by atoms with Crippen molar-refractivity contribution in [2.75, 3.05) is 6.61 Å². The van der Waals surface area contributed by atoms with Crippen molar-refractivity contribution < 1.29 is 9.84 Å². The van der Waals surface area contributed by atoms with E-state index in [0.29, 0.717) is 6.61 Å². The van der Waals surface area contributed by atoms with Gasteiger partial charge in [0, 0.05) is 24.4 Å². The Bertz CT molecular complexity index is 554. The smallest absolute Gasteiger partial charge is 0.122 e. The summed E-state index contributed by atoms with van der Waals surface area (Å²) in [5, 5.41) is 9.85. The molecule has 0 fully saturated rings. The highest BCUT2D eigenvalue weighted by atomic mass is 16.5. The van der Waals surface area contributed by atoms with Crippen LogP contribution in [-0.2, 0) is 12.8 Å². The van der Waals surface area contributed by atoms with E-state index in [2.05, 4.69) is 4.98 Å². The lowest BCUT2D eigenvalue weighted by molar-refractivity contribution is 0.180. The van der Waals surface area contributed by atoms with Gasteiger partial charge in [0.1, 0.15) is 5.75 Å². The third-order valence-corrected chi connectivity index (χ3v) is 3.59. The first-order chi connectivity index (χ1) is 9.34. The third-order valence-electron chi connectivity index (χ3n) is 3.59. The Morgan fingerprint density at radius 1 is 1.21 bits per heavy atom. The number of ether oxygens (including phenoxy) is 1. The second-order valence-electron chi connectivity index (χ2n) is 4.83. The van der Waals surface area contributed by atoms with Crippen LogP contribution in [0.3, 0.4) is 0 Å². The van der Waals surface area contributed by atoms with Crippen molar-refractivity contribution >= 4 is 0 Å². The van der Waals surface area contributed by atoms with Crippen molar-refractivity contribution in [3.8, 4) is 5.75 Å². The lowest BCUT2D eigenvalue weighted by Gasteiger charge is -2.11. The molecule has 19 heavy (non-hydrogen) atoms. The van der Waals surface area contributed by atoms with Gasteiger partial charge in [-0.3, -0.25) is 4.98 Å². The van der Waals surface area contributed by atoms with Crippen LogP contribution in [-0.4, -0.2) is 16.7 Å². The van der Waals surface area contributed by atoms with E-state index in [-0.39, 0.29) is 6.10 Å². The van der Waals surface area contributed by atoms with Gasteiger partial charge in [-0.05, 0) is 42.2 Å². The summed E-state index contributed by atoms with van der Waals surface area (Å²) in [6, 6.07) is 9.94. The minimum absolute atomic E-state index is 0.321. The third kappa shape index (κ3) is 2.61. The van der Waals surface area contributed by atoms with Gasteiger partial charge < -0.3 is 9.84 Å². The molecule has 0 saturated carbocycles. The highest BCUT2D eigenvalue weighted by molar-refractivity contribution is 5.44. The van der Waals surface area contributed by atoms with E-state index in [0.717, 1.165) is 30.6 Å². The monoisotopic (exact) mass is 255 g/mol. The molecular formula is C16H17NO2. The molecule has 0 radical (unpaired) electrons. The maximum Gasteiger partial charge on any atom is 0.122 e. The number of aliphatic hydroxyl groups is 1. The molecule has 98 valence electrons. The van der Waals surface area contributed by atoms with Gasteiger partial charge in [0.25, 0.3) is 0 Å². The second kappa shape index (κ2) is 5.41. The SMILES string of the molecule is OC1CCc2c(OCCc3ccncc3)cccc21. The first-order valence-electron chi connectivity index (χ1n) is 6.66. The van der Waals surface area contributed by atoms with Crippen LogP contribution >= 0.6 is 0 Å². The summed E-state index contributed by atoms with van der Waals surface area (Å²) in [5.41, 5.74) is 3.42. The fraction of sp³-hybridized carbons (Fsp3) is 0.312. The highest BCUT2D eigenvalue weighted by Gasteiger charge is 2.22. The molecular weight excluding hydrogens is 238 g/mol. The Kier molecular flexibility index (Phi) is 3.47. The maximum atomic E-state index is 9.85. The predicted molar refractivity (Wildman–Crippen MR) is 73.2 cm³/mol. The van der Waals surface area contributed by atoms with Crippen LogP contribution in [0, 0.1) is 0 Å². The topological polar surface area (TPSA) is 42.4 Å². The molecule has 3 heteroatoms. The van der Waals surface area contributed by atoms with Crippen molar-refractivity contribution in [2.45, 2.75) is 25.4 Å². The van der Waals surface area contributed by atoms with E-state index in [4.69, 9.17) is 4.74 Å². The fourth-order valence-electron chi connectivity index (χ4n) is 2.56. The van der Waals surface area contributed by atoms with E-state index < -0.39 is 0 Å². The van der Waals surface area contributed by atoms with Crippen molar-refractivity contribution in [3.63, 3.8) is 0 Å². The highest BCUT2D eigenvalue weighted by Crippen LogP contribution is 2.36. The number of hydrogen-bond acceptors (Lipinski definition) is 3. The summed E-state index contributed by atoms with van der Waals surface area (Å²) in [7, 11) is 0. The Hall–Kier alpha value is -1.87. The summed E-state index contributed by atoms with van der Waals surface area (Å²) in [6.07, 6.45) is 5.85. The molecule has 3 nitrogen and oxygen atoms in total. The van der Waals surface area contributed by atoms with Gasteiger partial charge in [0.05, 0.1) is 12.7 Å². The van der Waals surface area contributed by atoms with E-state index in [1.807, 2.05) is 30.3 Å². The van der Waals surface area contributed by atoms with Crippen molar-refractivity contribution in [1.82, 2.24) is 4.98 Å². The molecule has 0 bridgehead atoms. The lowest BCUT2D eigenvalue weighted by Crippen LogP contribution is -2.03. The Balaban J connectivity index is 1.65. The second-order valence-corrected chi connectivity index (χ2v) is 4.83. The zero-order valence-electron chi connectivity index (χ0n) is 10.7. The van der Waals surface area contributed by atoms with E-state index in [1.54, 1.807) is 12.4 Å². The molecule has 0 amide bonds. The minimum Gasteiger partial charge on any atom is -0.493 e. The van der Waals surface area contributed by atoms with Gasteiger partial charge in [-0.25, -0.2) is 0 Å². The van der Waals surface area contributed by atoms with Crippen LogP contribution in [0.15, 0.2) is 42.7 Å². The van der Waals surface area contributed by atoms with Crippen molar-refractivity contribution in [3.05, 3.63) is 59.4 Å². The van der Waals surface area contributed by atoms with Crippen LogP contribution in [0.5, 0.6) is 5.75 Å². The van der Waals surface area contributed by atoms with Gasteiger partial charge in [0.2, 0.25) is 0 Å². The van der Waals surface area contributed by atoms with E-state index >= 15 is 0 Å². The van der Waals surface area contributed by atoms with Gasteiger partial charge in [-0.15, -0.1) is 0 Å². The summed E-state index contributed by atoms with van der Waals surface area (Å²) in [6.45, 7) is 0.649. The molecule has 1 atom stereocenters. The van der Waals surface area contributed by atoms with Crippen LogP contribution in [0.25, 0.3) is 0 Å². The number of nitrogens with zero attached hydrogens (tertiary/aromatic N) is 1. The molecule has 1 aromatic heterocycles. The Morgan fingerprint density at radius 3 is 2.89 bits per heavy atom. The molecule has 0 saturated heterocycles. The van der Waals surface area contributed by atoms with Crippen molar-refractivity contribution in [2.24, 2.45) is 0 Å². The number of hydrogen-bond donors (Lipinski definition) is 1. The van der Waals surface area contributed by atoms with Crippen LogP contribution in [0.4, 0.5) is 0 Å². The standard InChI is InChI=1S/C16H17NO2/c18-15-5-4-14-13(15)2-1-3-16(14)19-11-8-12-6-9-17-10-7-12/h1-3,6-7,9-10,15,18H,4-5,8,11H2. The zero-order chi connectivity index (χ0) is 13.1. The van der Waals surface area contributed by atoms with E-state index in [9.17, 15) is 5.11 Å². The molecule has 3 rings (SSSR count). The number of pyridine rings is 1. The molecule has 1 aliphatic carbocycles.